The van der Waals surface area contributed by atoms with Crippen LogP contribution >= 0.6 is 0 Å². The molecule has 128 valence electrons. The number of methoxy groups -OCH3 is 2. The monoisotopic (exact) mass is 338 g/mol. The van der Waals surface area contributed by atoms with Gasteiger partial charge in [-0.05, 0) is 19.4 Å². The first kappa shape index (κ1) is 17.5. The summed E-state index contributed by atoms with van der Waals surface area (Å²) in [5, 5.41) is 2.37. The fourth-order valence-electron chi connectivity index (χ4n) is 2.41. The topological polar surface area (TPSA) is 80.4 Å². The number of carbonyl (C=O) groups excluding carboxylic acids is 2. The lowest BCUT2D eigenvalue weighted by molar-refractivity contribution is 0.0599. The number of halogens is 2. The van der Waals surface area contributed by atoms with Crippen LogP contribution in [0.5, 0.6) is 5.75 Å². The number of benzene rings is 1. The maximum Gasteiger partial charge on any atom is 0.339 e. The van der Waals surface area contributed by atoms with E-state index in [1.54, 1.807) is 13.8 Å². The van der Waals surface area contributed by atoms with E-state index in [0.29, 0.717) is 11.3 Å². The molecule has 1 amide bonds. The van der Waals surface area contributed by atoms with E-state index in [-0.39, 0.29) is 16.9 Å². The maximum absolute atomic E-state index is 13.7. The first-order chi connectivity index (χ1) is 11.3. The van der Waals surface area contributed by atoms with Gasteiger partial charge in [-0.15, -0.1) is 0 Å². The molecule has 0 saturated carbocycles. The van der Waals surface area contributed by atoms with Crippen molar-refractivity contribution in [2.24, 2.45) is 0 Å². The van der Waals surface area contributed by atoms with Crippen LogP contribution in [0.25, 0.3) is 0 Å². The number of H-pyrrole nitrogens is 1. The molecule has 0 unspecified atom stereocenters. The van der Waals surface area contributed by atoms with Gasteiger partial charge in [0.15, 0.2) is 17.4 Å². The minimum atomic E-state index is -0.942. The summed E-state index contributed by atoms with van der Waals surface area (Å²) in [6.45, 7) is 3.18. The first-order valence-electron chi connectivity index (χ1n) is 6.92. The highest BCUT2D eigenvalue weighted by atomic mass is 19.1. The second-order valence-corrected chi connectivity index (χ2v) is 5.04. The Balaban J connectivity index is 2.33. The molecule has 6 nitrogen and oxygen atoms in total. The lowest BCUT2D eigenvalue weighted by Gasteiger charge is -2.08. The molecule has 0 bridgehead atoms. The molecule has 0 aliphatic heterocycles. The summed E-state index contributed by atoms with van der Waals surface area (Å²) >= 11 is 0. The fraction of sp³-hybridized carbons (Fsp3) is 0.250. The quantitative estimate of drug-likeness (QED) is 0.840. The second kappa shape index (κ2) is 6.69. The molecular formula is C16H16F2N2O4. The molecule has 0 radical (unpaired) electrons. The first-order valence-corrected chi connectivity index (χ1v) is 6.92. The number of ether oxygens (including phenoxy) is 2. The van der Waals surface area contributed by atoms with E-state index >= 15 is 0 Å². The fourth-order valence-corrected chi connectivity index (χ4v) is 2.41. The molecule has 0 atom stereocenters. The zero-order chi connectivity index (χ0) is 18.0. The van der Waals surface area contributed by atoms with Crippen molar-refractivity contribution < 1.29 is 27.8 Å². The van der Waals surface area contributed by atoms with Gasteiger partial charge < -0.3 is 19.8 Å². The van der Waals surface area contributed by atoms with Crippen LogP contribution < -0.4 is 10.1 Å². The van der Waals surface area contributed by atoms with Gasteiger partial charge in [0.2, 0.25) is 0 Å². The van der Waals surface area contributed by atoms with Crippen molar-refractivity contribution in [1.82, 2.24) is 4.98 Å². The van der Waals surface area contributed by atoms with Crippen LogP contribution in [0.15, 0.2) is 12.1 Å². The normalized spacial score (nSPS) is 10.4. The summed E-state index contributed by atoms with van der Waals surface area (Å²) in [4.78, 5) is 26.8. The Morgan fingerprint density at radius 3 is 2.21 bits per heavy atom. The van der Waals surface area contributed by atoms with E-state index < -0.39 is 29.3 Å². The standard InChI is InChI=1S/C16H16F2N2O4/c1-7-12(16(22)24-4)8(2)19-13(7)15(21)20-9-5-10(17)14(23-3)11(18)6-9/h5-6,19H,1-4H3,(H,20,21). The largest absolute Gasteiger partial charge is 0.491 e. The van der Waals surface area contributed by atoms with Crippen molar-refractivity contribution in [3.05, 3.63) is 46.3 Å². The number of hydrogen-bond donors (Lipinski definition) is 2. The van der Waals surface area contributed by atoms with Gasteiger partial charge in [-0.2, -0.15) is 0 Å². The van der Waals surface area contributed by atoms with Crippen LogP contribution in [-0.2, 0) is 4.74 Å². The number of hydrogen-bond acceptors (Lipinski definition) is 4. The third-order valence-corrected chi connectivity index (χ3v) is 3.51. The Morgan fingerprint density at radius 1 is 1.12 bits per heavy atom. The van der Waals surface area contributed by atoms with Crippen molar-refractivity contribution in [3.8, 4) is 5.75 Å². The molecule has 0 spiro atoms. The number of nitrogens with one attached hydrogen (secondary N) is 2. The van der Waals surface area contributed by atoms with E-state index in [9.17, 15) is 18.4 Å². The van der Waals surface area contributed by atoms with E-state index in [1.165, 1.54) is 7.11 Å². The minimum absolute atomic E-state index is 0.0814. The zero-order valence-corrected chi connectivity index (χ0v) is 13.5. The van der Waals surface area contributed by atoms with Crippen molar-refractivity contribution in [2.75, 3.05) is 19.5 Å². The molecule has 2 aromatic rings. The summed E-state index contributed by atoms with van der Waals surface area (Å²) in [6.07, 6.45) is 0. The van der Waals surface area contributed by atoms with Gasteiger partial charge >= 0.3 is 5.97 Å². The number of rotatable bonds is 4. The number of aromatic nitrogens is 1. The summed E-state index contributed by atoms with van der Waals surface area (Å²) in [5.41, 5.74) is 1.10. The molecule has 1 heterocycles. The Kier molecular flexibility index (Phi) is 4.87. The number of aromatic amines is 1. The molecule has 1 aromatic heterocycles. The molecule has 2 N–H and O–H groups in total. The summed E-state index contributed by atoms with van der Waals surface area (Å²) < 4.78 is 36.6. The SMILES string of the molecule is COC(=O)c1c(C)[nH]c(C(=O)Nc2cc(F)c(OC)c(F)c2)c1C. The van der Waals surface area contributed by atoms with Gasteiger partial charge in [0.1, 0.15) is 5.69 Å². The van der Waals surface area contributed by atoms with Gasteiger partial charge in [0.25, 0.3) is 5.91 Å². The van der Waals surface area contributed by atoms with Crippen LogP contribution in [0.1, 0.15) is 32.1 Å². The molecule has 0 aliphatic carbocycles. The smallest absolute Gasteiger partial charge is 0.339 e. The second-order valence-electron chi connectivity index (χ2n) is 5.04. The number of aryl methyl sites for hydroxylation is 1. The zero-order valence-electron chi connectivity index (χ0n) is 13.5. The van der Waals surface area contributed by atoms with Crippen LogP contribution in [-0.4, -0.2) is 31.1 Å². The summed E-state index contributed by atoms with van der Waals surface area (Å²) in [7, 11) is 2.37. The van der Waals surface area contributed by atoms with Gasteiger partial charge in [0.05, 0.1) is 19.8 Å². The molecule has 0 aliphatic rings. The predicted molar refractivity (Wildman–Crippen MR) is 82.5 cm³/mol. The minimum Gasteiger partial charge on any atom is -0.491 e. The Morgan fingerprint density at radius 2 is 1.71 bits per heavy atom. The van der Waals surface area contributed by atoms with Gasteiger partial charge in [-0.1, -0.05) is 0 Å². The molecule has 8 heteroatoms. The Labute approximate surface area is 136 Å². The van der Waals surface area contributed by atoms with Gasteiger partial charge in [0, 0.05) is 23.5 Å². The average Bonchev–Trinajstić information content (AvgIpc) is 2.81. The third kappa shape index (κ3) is 3.08. The highest BCUT2D eigenvalue weighted by Gasteiger charge is 2.23. The molecule has 1 aromatic carbocycles. The Hall–Kier alpha value is -2.90. The van der Waals surface area contributed by atoms with E-state index in [2.05, 4.69) is 19.8 Å². The third-order valence-electron chi connectivity index (χ3n) is 3.51. The number of amides is 1. The molecular weight excluding hydrogens is 322 g/mol. The van der Waals surface area contributed by atoms with Crippen LogP contribution in [0.3, 0.4) is 0 Å². The number of esters is 1. The Bertz CT molecular complexity index is 792. The molecule has 24 heavy (non-hydrogen) atoms. The van der Waals surface area contributed by atoms with Crippen molar-refractivity contribution >= 4 is 17.6 Å². The molecule has 2 rings (SSSR count). The van der Waals surface area contributed by atoms with Crippen molar-refractivity contribution in [3.63, 3.8) is 0 Å². The van der Waals surface area contributed by atoms with Gasteiger partial charge in [-0.3, -0.25) is 4.79 Å². The number of carbonyl (C=O) groups is 2. The summed E-state index contributed by atoms with van der Waals surface area (Å²) in [5.74, 6) is -3.64. The highest BCUT2D eigenvalue weighted by molar-refractivity contribution is 6.06. The van der Waals surface area contributed by atoms with Crippen LogP contribution in [0, 0.1) is 25.5 Å². The predicted octanol–water partition coefficient (Wildman–Crippen LogP) is 2.96. The van der Waals surface area contributed by atoms with E-state index in [1.807, 2.05) is 0 Å². The van der Waals surface area contributed by atoms with Crippen LogP contribution in [0.2, 0.25) is 0 Å². The lowest BCUT2D eigenvalue weighted by Crippen LogP contribution is -2.14. The number of anilines is 1. The van der Waals surface area contributed by atoms with Gasteiger partial charge in [-0.25, -0.2) is 13.6 Å². The maximum atomic E-state index is 13.7. The average molecular weight is 338 g/mol. The molecule has 0 saturated heterocycles. The highest BCUT2D eigenvalue weighted by Crippen LogP contribution is 2.26. The van der Waals surface area contributed by atoms with E-state index in [4.69, 9.17) is 0 Å². The van der Waals surface area contributed by atoms with Crippen molar-refractivity contribution in [1.29, 1.82) is 0 Å². The van der Waals surface area contributed by atoms with Crippen molar-refractivity contribution in [2.45, 2.75) is 13.8 Å². The van der Waals surface area contributed by atoms with Crippen LogP contribution in [0.4, 0.5) is 14.5 Å². The lowest BCUT2D eigenvalue weighted by atomic mass is 10.1. The molecule has 0 fully saturated rings. The summed E-state index contributed by atoms with van der Waals surface area (Å²) in [6, 6.07) is 1.87. The van der Waals surface area contributed by atoms with E-state index in [0.717, 1.165) is 19.2 Å².